The summed E-state index contributed by atoms with van der Waals surface area (Å²) in [6.45, 7) is 2.23. The molecule has 17 heavy (non-hydrogen) atoms. The molecule has 1 heterocycles. The second-order valence-electron chi connectivity index (χ2n) is 5.18. The summed E-state index contributed by atoms with van der Waals surface area (Å²) in [7, 11) is 1.84. The van der Waals surface area contributed by atoms with Crippen molar-refractivity contribution < 1.29 is 14.3 Å². The Balaban J connectivity index is 2.17. The van der Waals surface area contributed by atoms with Crippen LogP contribution in [0.5, 0.6) is 0 Å². The van der Waals surface area contributed by atoms with Gasteiger partial charge >= 0.3 is 5.97 Å². The summed E-state index contributed by atoms with van der Waals surface area (Å²) in [5, 5.41) is 0. The molecule has 2 aliphatic rings. The predicted molar refractivity (Wildman–Crippen MR) is 63.3 cm³/mol. The highest BCUT2D eigenvalue weighted by atomic mass is 16.5. The molecular weight excluding hydrogens is 218 g/mol. The Morgan fingerprint density at radius 3 is 3.00 bits per heavy atom. The summed E-state index contributed by atoms with van der Waals surface area (Å²) in [5.74, 6) is 0.361. The molecule has 4 heteroatoms. The van der Waals surface area contributed by atoms with Gasteiger partial charge < -0.3 is 9.64 Å². The largest absolute Gasteiger partial charge is 0.466 e. The Bertz CT molecular complexity index is 329. The first-order chi connectivity index (χ1) is 8.10. The number of carbonyl (C=O) groups is 2. The number of hydrogen-bond donors (Lipinski definition) is 0. The van der Waals surface area contributed by atoms with Gasteiger partial charge in [-0.1, -0.05) is 12.8 Å². The molecule has 2 fully saturated rings. The average Bonchev–Trinajstić information content (AvgIpc) is 2.53. The van der Waals surface area contributed by atoms with E-state index in [0.717, 1.165) is 19.3 Å². The van der Waals surface area contributed by atoms with Gasteiger partial charge in [0.15, 0.2) is 0 Å². The number of amides is 1. The maximum absolute atomic E-state index is 11.9. The van der Waals surface area contributed by atoms with Crippen LogP contribution in [0.15, 0.2) is 0 Å². The SMILES string of the molecule is CCOC(=O)C[C@@]12CCCC[C@@H]1CC(=O)N2C. The first-order valence-corrected chi connectivity index (χ1v) is 6.52. The molecule has 4 nitrogen and oxygen atoms in total. The fraction of sp³-hybridized carbons (Fsp3) is 0.846. The van der Waals surface area contributed by atoms with Crippen LogP contribution in [0, 0.1) is 5.92 Å². The van der Waals surface area contributed by atoms with Crippen LogP contribution in [0.25, 0.3) is 0 Å². The Hall–Kier alpha value is -1.06. The van der Waals surface area contributed by atoms with Crippen molar-refractivity contribution in [2.24, 2.45) is 5.92 Å². The monoisotopic (exact) mass is 239 g/mol. The quantitative estimate of drug-likeness (QED) is 0.705. The number of carbonyl (C=O) groups excluding carboxylic acids is 2. The van der Waals surface area contributed by atoms with Crippen LogP contribution in [-0.4, -0.2) is 36.0 Å². The maximum Gasteiger partial charge on any atom is 0.308 e. The van der Waals surface area contributed by atoms with Gasteiger partial charge in [0.25, 0.3) is 0 Å². The molecule has 0 aromatic rings. The van der Waals surface area contributed by atoms with Crippen molar-refractivity contribution in [3.63, 3.8) is 0 Å². The number of ether oxygens (including phenoxy) is 1. The Labute approximate surface area is 102 Å². The smallest absolute Gasteiger partial charge is 0.308 e. The molecule has 0 bridgehead atoms. The lowest BCUT2D eigenvalue weighted by atomic mass is 9.71. The van der Waals surface area contributed by atoms with E-state index in [1.54, 1.807) is 0 Å². The van der Waals surface area contributed by atoms with E-state index in [1.165, 1.54) is 6.42 Å². The van der Waals surface area contributed by atoms with Crippen molar-refractivity contribution in [3.05, 3.63) is 0 Å². The summed E-state index contributed by atoms with van der Waals surface area (Å²) < 4.78 is 5.05. The second kappa shape index (κ2) is 4.67. The number of rotatable bonds is 3. The summed E-state index contributed by atoms with van der Waals surface area (Å²) in [4.78, 5) is 25.4. The Morgan fingerprint density at radius 1 is 1.53 bits per heavy atom. The van der Waals surface area contributed by atoms with Crippen molar-refractivity contribution in [1.82, 2.24) is 4.90 Å². The zero-order valence-electron chi connectivity index (χ0n) is 10.7. The highest BCUT2D eigenvalue weighted by molar-refractivity contribution is 5.82. The molecule has 96 valence electrons. The normalized spacial score (nSPS) is 32.5. The highest BCUT2D eigenvalue weighted by Gasteiger charge is 2.52. The zero-order valence-corrected chi connectivity index (χ0v) is 10.7. The van der Waals surface area contributed by atoms with Gasteiger partial charge in [0, 0.05) is 13.5 Å². The van der Waals surface area contributed by atoms with Gasteiger partial charge in [0.2, 0.25) is 5.91 Å². The minimum Gasteiger partial charge on any atom is -0.466 e. The zero-order chi connectivity index (χ0) is 12.5. The van der Waals surface area contributed by atoms with Gasteiger partial charge in [0.05, 0.1) is 18.6 Å². The number of nitrogens with zero attached hydrogens (tertiary/aromatic N) is 1. The van der Waals surface area contributed by atoms with Crippen LogP contribution in [0.1, 0.15) is 45.4 Å². The molecular formula is C13H21NO3. The molecule has 0 aromatic heterocycles. The van der Waals surface area contributed by atoms with E-state index >= 15 is 0 Å². The van der Waals surface area contributed by atoms with Crippen LogP contribution in [0.3, 0.4) is 0 Å². The third-order valence-corrected chi connectivity index (χ3v) is 4.39. The lowest BCUT2D eigenvalue weighted by molar-refractivity contribution is -0.148. The summed E-state index contributed by atoms with van der Waals surface area (Å²) >= 11 is 0. The molecule has 0 spiro atoms. The van der Waals surface area contributed by atoms with Gasteiger partial charge in [0.1, 0.15) is 0 Å². The molecule has 1 saturated carbocycles. The predicted octanol–water partition coefficient (Wildman–Crippen LogP) is 1.73. The molecule has 0 aromatic carbocycles. The van der Waals surface area contributed by atoms with Crippen molar-refractivity contribution in [3.8, 4) is 0 Å². The molecule has 1 amide bonds. The van der Waals surface area contributed by atoms with E-state index < -0.39 is 0 Å². The molecule has 1 aliphatic carbocycles. The first kappa shape index (κ1) is 12.4. The molecule has 1 saturated heterocycles. The van der Waals surface area contributed by atoms with Crippen molar-refractivity contribution in [1.29, 1.82) is 0 Å². The summed E-state index contributed by atoms with van der Waals surface area (Å²) in [6, 6.07) is 0. The minimum atomic E-state index is -0.248. The molecule has 2 atom stereocenters. The van der Waals surface area contributed by atoms with Crippen LogP contribution in [0.2, 0.25) is 0 Å². The molecule has 0 radical (unpaired) electrons. The number of hydrogen-bond acceptors (Lipinski definition) is 3. The van der Waals surface area contributed by atoms with Gasteiger partial charge in [-0.2, -0.15) is 0 Å². The number of fused-ring (bicyclic) bond motifs is 1. The van der Waals surface area contributed by atoms with E-state index in [1.807, 2.05) is 18.9 Å². The third-order valence-electron chi connectivity index (χ3n) is 4.39. The van der Waals surface area contributed by atoms with E-state index in [-0.39, 0.29) is 17.4 Å². The standard InChI is InChI=1S/C13H21NO3/c1-3-17-12(16)9-13-7-5-4-6-10(13)8-11(15)14(13)2/h10H,3-9H2,1-2H3/t10-,13+/m1/s1. The Morgan fingerprint density at radius 2 is 2.29 bits per heavy atom. The molecule has 0 N–H and O–H groups in total. The van der Waals surface area contributed by atoms with E-state index in [9.17, 15) is 9.59 Å². The van der Waals surface area contributed by atoms with E-state index in [2.05, 4.69) is 0 Å². The minimum absolute atomic E-state index is 0.166. The van der Waals surface area contributed by atoms with Crippen molar-refractivity contribution >= 4 is 11.9 Å². The van der Waals surface area contributed by atoms with Gasteiger partial charge in [-0.05, 0) is 25.7 Å². The average molecular weight is 239 g/mol. The fourth-order valence-corrected chi connectivity index (χ4v) is 3.44. The molecule has 1 aliphatic heterocycles. The lowest BCUT2D eigenvalue weighted by Crippen LogP contribution is -2.50. The van der Waals surface area contributed by atoms with Crippen LogP contribution in [-0.2, 0) is 14.3 Å². The van der Waals surface area contributed by atoms with Gasteiger partial charge in [-0.3, -0.25) is 9.59 Å². The first-order valence-electron chi connectivity index (χ1n) is 6.52. The third kappa shape index (κ3) is 2.05. The number of esters is 1. The van der Waals surface area contributed by atoms with Crippen molar-refractivity contribution in [2.45, 2.75) is 51.0 Å². The van der Waals surface area contributed by atoms with E-state index in [4.69, 9.17) is 4.74 Å². The number of likely N-dealkylation sites (tertiary alicyclic amines) is 1. The summed E-state index contributed by atoms with van der Waals surface area (Å²) in [5.41, 5.74) is -0.248. The fourth-order valence-electron chi connectivity index (χ4n) is 3.44. The maximum atomic E-state index is 11.9. The van der Waals surface area contributed by atoms with Gasteiger partial charge in [-0.15, -0.1) is 0 Å². The van der Waals surface area contributed by atoms with Gasteiger partial charge in [-0.25, -0.2) is 0 Å². The highest BCUT2D eigenvalue weighted by Crippen LogP contribution is 2.47. The molecule has 0 unspecified atom stereocenters. The molecule has 2 rings (SSSR count). The van der Waals surface area contributed by atoms with Crippen molar-refractivity contribution in [2.75, 3.05) is 13.7 Å². The topological polar surface area (TPSA) is 46.6 Å². The second-order valence-corrected chi connectivity index (χ2v) is 5.18. The lowest BCUT2D eigenvalue weighted by Gasteiger charge is -2.43. The summed E-state index contributed by atoms with van der Waals surface area (Å²) in [6.07, 6.45) is 5.27. The van der Waals surface area contributed by atoms with Crippen LogP contribution in [0.4, 0.5) is 0 Å². The Kier molecular flexibility index (Phi) is 3.40. The van der Waals surface area contributed by atoms with Crippen LogP contribution >= 0.6 is 0 Å². The van der Waals surface area contributed by atoms with Crippen LogP contribution < -0.4 is 0 Å². The van der Waals surface area contributed by atoms with E-state index in [0.29, 0.717) is 25.4 Å².